The van der Waals surface area contributed by atoms with E-state index in [4.69, 9.17) is 15.6 Å². The summed E-state index contributed by atoms with van der Waals surface area (Å²) in [5.74, 6) is 0.0515. The highest BCUT2D eigenvalue weighted by Gasteiger charge is 2.00. The molecule has 0 atom stereocenters. The molecule has 0 spiro atoms. The van der Waals surface area contributed by atoms with Crippen molar-refractivity contribution in [3.05, 3.63) is 17.8 Å². The van der Waals surface area contributed by atoms with Crippen LogP contribution < -0.4 is 5.73 Å². The quantitative estimate of drug-likeness (QED) is 0.417. The summed E-state index contributed by atoms with van der Waals surface area (Å²) < 4.78 is 4.77. The number of nitrogens with one attached hydrogen (secondary N) is 1. The summed E-state index contributed by atoms with van der Waals surface area (Å²) in [5, 5.41) is 6.87. The number of aromatic nitrogens is 1. The summed E-state index contributed by atoms with van der Waals surface area (Å²) in [5.41, 5.74) is 5.79. The van der Waals surface area contributed by atoms with Crippen LogP contribution in [0.5, 0.6) is 0 Å². The van der Waals surface area contributed by atoms with Gasteiger partial charge in [0.2, 0.25) is 0 Å². The molecule has 3 N–H and O–H groups in total. The van der Waals surface area contributed by atoms with Crippen LogP contribution in [0.4, 0.5) is 0 Å². The molecule has 0 bridgehead atoms. The molecule has 0 aromatic carbocycles. The average molecular weight is 125 g/mol. The van der Waals surface area contributed by atoms with E-state index in [1.807, 2.05) is 0 Å². The van der Waals surface area contributed by atoms with Crippen LogP contribution >= 0.6 is 0 Å². The van der Waals surface area contributed by atoms with E-state index in [-0.39, 0.29) is 11.7 Å². The lowest BCUT2D eigenvalue weighted by Gasteiger charge is -1.83. The number of oxazole rings is 1. The Balaban J connectivity index is 2.98. The molecule has 4 heteroatoms. The fourth-order valence-corrected chi connectivity index (χ4v) is 0.478. The third-order valence-corrected chi connectivity index (χ3v) is 0.849. The first-order valence-electron chi connectivity index (χ1n) is 2.46. The maximum absolute atomic E-state index is 6.87. The van der Waals surface area contributed by atoms with Gasteiger partial charge in [0.05, 0.1) is 5.69 Å². The molecule has 0 unspecified atom stereocenters. The van der Waals surface area contributed by atoms with Gasteiger partial charge in [-0.05, 0) is 6.92 Å². The van der Waals surface area contributed by atoms with Crippen LogP contribution in [0.25, 0.3) is 0 Å². The lowest BCUT2D eigenvalue weighted by molar-refractivity contribution is 0.545. The largest absolute Gasteiger partial charge is 0.442 e. The van der Waals surface area contributed by atoms with Crippen LogP contribution in [0.3, 0.4) is 0 Å². The van der Waals surface area contributed by atoms with Crippen molar-refractivity contribution in [2.24, 2.45) is 5.73 Å². The van der Waals surface area contributed by atoms with E-state index >= 15 is 0 Å². The van der Waals surface area contributed by atoms with Gasteiger partial charge in [0.25, 0.3) is 5.89 Å². The number of nitrogens with two attached hydrogens (primary N) is 1. The highest BCUT2D eigenvalue weighted by atomic mass is 16.3. The zero-order chi connectivity index (χ0) is 6.85. The van der Waals surface area contributed by atoms with Gasteiger partial charge in [-0.2, -0.15) is 0 Å². The molecule has 0 aliphatic heterocycles. The molecule has 4 nitrogen and oxygen atoms in total. The number of nitrogens with zero attached hydrogens (tertiary/aromatic N) is 1. The van der Waals surface area contributed by atoms with Gasteiger partial charge in [-0.1, -0.05) is 0 Å². The van der Waals surface area contributed by atoms with Crippen molar-refractivity contribution >= 4 is 5.84 Å². The molecular formula is C5H7N3O. The van der Waals surface area contributed by atoms with Gasteiger partial charge in [-0.3, -0.25) is 5.41 Å². The lowest BCUT2D eigenvalue weighted by atomic mass is 10.6. The van der Waals surface area contributed by atoms with E-state index in [2.05, 4.69) is 4.98 Å². The van der Waals surface area contributed by atoms with Crippen molar-refractivity contribution in [2.75, 3.05) is 0 Å². The topological polar surface area (TPSA) is 75.9 Å². The molecule has 0 saturated heterocycles. The molecule has 9 heavy (non-hydrogen) atoms. The minimum atomic E-state index is -0.136. The smallest absolute Gasteiger partial charge is 0.261 e. The number of rotatable bonds is 1. The number of aryl methyl sites for hydroxylation is 1. The van der Waals surface area contributed by atoms with E-state index in [1.54, 1.807) is 6.92 Å². The van der Waals surface area contributed by atoms with Crippen molar-refractivity contribution in [3.63, 3.8) is 0 Å². The fraction of sp³-hybridized carbons (Fsp3) is 0.200. The molecule has 1 heterocycles. The Morgan fingerprint density at radius 3 is 2.78 bits per heavy atom. The first-order chi connectivity index (χ1) is 4.20. The van der Waals surface area contributed by atoms with Gasteiger partial charge in [0.1, 0.15) is 6.26 Å². The molecule has 48 valence electrons. The van der Waals surface area contributed by atoms with Crippen molar-refractivity contribution in [3.8, 4) is 0 Å². The van der Waals surface area contributed by atoms with E-state index in [9.17, 15) is 0 Å². The van der Waals surface area contributed by atoms with Crippen molar-refractivity contribution in [1.29, 1.82) is 5.41 Å². The summed E-state index contributed by atoms with van der Waals surface area (Å²) in [6, 6.07) is 0. The first-order valence-corrected chi connectivity index (χ1v) is 2.46. The Kier molecular flexibility index (Phi) is 1.22. The number of amidine groups is 1. The van der Waals surface area contributed by atoms with Gasteiger partial charge in [0, 0.05) is 0 Å². The number of nitrogen functional groups attached to an aromatic ring is 1. The Hall–Kier alpha value is -1.32. The summed E-state index contributed by atoms with van der Waals surface area (Å²) >= 11 is 0. The van der Waals surface area contributed by atoms with Crippen LogP contribution in [-0.2, 0) is 0 Å². The molecular weight excluding hydrogens is 118 g/mol. The van der Waals surface area contributed by atoms with E-state index < -0.39 is 0 Å². The minimum Gasteiger partial charge on any atom is -0.442 e. The van der Waals surface area contributed by atoms with Crippen LogP contribution in [-0.4, -0.2) is 10.8 Å². The monoisotopic (exact) mass is 125 g/mol. The average Bonchev–Trinajstić information content (AvgIpc) is 2.14. The lowest BCUT2D eigenvalue weighted by Crippen LogP contribution is -2.11. The number of hydrogen-bond acceptors (Lipinski definition) is 3. The molecule has 1 aromatic heterocycles. The van der Waals surface area contributed by atoms with Gasteiger partial charge < -0.3 is 10.2 Å². The normalized spacial score (nSPS) is 9.44. The predicted molar refractivity (Wildman–Crippen MR) is 32.3 cm³/mol. The van der Waals surface area contributed by atoms with E-state index in [1.165, 1.54) is 6.26 Å². The van der Waals surface area contributed by atoms with Crippen LogP contribution in [0, 0.1) is 12.3 Å². The van der Waals surface area contributed by atoms with Gasteiger partial charge in [-0.25, -0.2) is 4.98 Å². The minimum absolute atomic E-state index is 0.136. The molecule has 0 saturated carbocycles. The van der Waals surface area contributed by atoms with E-state index in [0.29, 0.717) is 0 Å². The predicted octanol–water partition coefficient (Wildman–Crippen LogP) is 0.267. The highest BCUT2D eigenvalue weighted by Crippen LogP contribution is 1.97. The van der Waals surface area contributed by atoms with E-state index in [0.717, 1.165) is 5.69 Å². The first kappa shape index (κ1) is 5.81. The highest BCUT2D eigenvalue weighted by molar-refractivity contribution is 5.90. The fourth-order valence-electron chi connectivity index (χ4n) is 0.478. The SMILES string of the molecule is Cc1coc(C(=N)N)n1. The summed E-state index contributed by atoms with van der Waals surface area (Å²) in [4.78, 5) is 3.79. The molecule has 0 aliphatic rings. The maximum atomic E-state index is 6.87. The third-order valence-electron chi connectivity index (χ3n) is 0.849. The molecule has 0 amide bonds. The maximum Gasteiger partial charge on any atom is 0.261 e. The third kappa shape index (κ3) is 1.07. The summed E-state index contributed by atoms with van der Waals surface area (Å²) in [6.45, 7) is 1.77. The van der Waals surface area contributed by atoms with Crippen molar-refractivity contribution in [2.45, 2.75) is 6.92 Å². The van der Waals surface area contributed by atoms with Crippen molar-refractivity contribution in [1.82, 2.24) is 4.98 Å². The van der Waals surface area contributed by atoms with Crippen molar-refractivity contribution < 1.29 is 4.42 Å². The molecule has 0 radical (unpaired) electrons. The van der Waals surface area contributed by atoms with Crippen LogP contribution in [0.2, 0.25) is 0 Å². The Labute approximate surface area is 52.2 Å². The van der Waals surface area contributed by atoms with Gasteiger partial charge in [0.15, 0.2) is 5.84 Å². The van der Waals surface area contributed by atoms with Gasteiger partial charge >= 0.3 is 0 Å². The van der Waals surface area contributed by atoms with Gasteiger partial charge in [-0.15, -0.1) is 0 Å². The molecule has 1 rings (SSSR count). The second-order valence-electron chi connectivity index (χ2n) is 1.71. The Bertz CT molecular complexity index is 228. The Morgan fingerprint density at radius 2 is 2.56 bits per heavy atom. The summed E-state index contributed by atoms with van der Waals surface area (Å²) in [6.07, 6.45) is 1.46. The number of hydrogen-bond donors (Lipinski definition) is 2. The molecule has 0 aliphatic carbocycles. The molecule has 1 aromatic rings. The zero-order valence-corrected chi connectivity index (χ0v) is 5.01. The van der Waals surface area contributed by atoms with Crippen LogP contribution in [0.15, 0.2) is 10.7 Å². The summed E-state index contributed by atoms with van der Waals surface area (Å²) in [7, 11) is 0. The molecule has 0 fully saturated rings. The standard InChI is InChI=1S/C5H7N3O/c1-3-2-9-5(8-3)4(6)7/h2H,1H3,(H3,6,7). The second kappa shape index (κ2) is 1.89. The second-order valence-corrected chi connectivity index (χ2v) is 1.71. The Morgan fingerprint density at radius 1 is 1.89 bits per heavy atom. The zero-order valence-electron chi connectivity index (χ0n) is 5.01. The van der Waals surface area contributed by atoms with Crippen LogP contribution in [0.1, 0.15) is 11.6 Å².